The molecule has 186 valence electrons. The van der Waals surface area contributed by atoms with Crippen LogP contribution < -0.4 is 4.74 Å². The van der Waals surface area contributed by atoms with Gasteiger partial charge >= 0.3 is 6.09 Å². The van der Waals surface area contributed by atoms with Gasteiger partial charge in [0.05, 0.1) is 29.5 Å². The van der Waals surface area contributed by atoms with Crippen molar-refractivity contribution < 1.29 is 18.7 Å². The number of H-pyrrole nitrogens is 1. The van der Waals surface area contributed by atoms with Crippen LogP contribution in [0.1, 0.15) is 27.2 Å². The number of carbonyl (C=O) groups excluding carboxylic acids is 1. The van der Waals surface area contributed by atoms with Gasteiger partial charge in [0, 0.05) is 47.1 Å². The zero-order valence-corrected chi connectivity index (χ0v) is 21.0. The Morgan fingerprint density at radius 3 is 2.83 bits per heavy atom. The smallest absolute Gasteiger partial charge is 0.410 e. The van der Waals surface area contributed by atoms with E-state index in [1.54, 1.807) is 29.6 Å². The number of halogens is 2. The molecule has 1 aliphatic rings. The molecule has 1 aromatic carbocycles. The summed E-state index contributed by atoms with van der Waals surface area (Å²) in [5.74, 6) is 0.108. The molecule has 4 aromatic rings. The second kappa shape index (κ2) is 9.43. The Labute approximate surface area is 213 Å². The highest BCUT2D eigenvalue weighted by atomic mass is 35.5. The van der Waals surface area contributed by atoms with Gasteiger partial charge in [-0.15, -0.1) is 0 Å². The summed E-state index contributed by atoms with van der Waals surface area (Å²) in [6.07, 6.45) is 5.00. The van der Waals surface area contributed by atoms with Gasteiger partial charge in [-0.05, 0) is 57.2 Å². The van der Waals surface area contributed by atoms with E-state index in [1.807, 2.05) is 39.0 Å². The summed E-state index contributed by atoms with van der Waals surface area (Å²) < 4.78 is 26.9. The van der Waals surface area contributed by atoms with E-state index in [-0.39, 0.29) is 12.2 Å². The monoisotopic (exact) mass is 508 g/mol. The number of nitrogens with zero attached hydrogens (tertiary/aromatic N) is 3. The predicted molar refractivity (Wildman–Crippen MR) is 137 cm³/mol. The molecule has 1 unspecified atom stereocenters. The highest BCUT2D eigenvalue weighted by molar-refractivity contribution is 6.31. The number of pyridine rings is 2. The summed E-state index contributed by atoms with van der Waals surface area (Å²) in [6.45, 7) is 6.45. The van der Waals surface area contributed by atoms with Crippen molar-refractivity contribution in [1.29, 1.82) is 0 Å². The maximum atomic E-state index is 15.0. The van der Waals surface area contributed by atoms with Gasteiger partial charge in [0.25, 0.3) is 0 Å². The average molecular weight is 509 g/mol. The number of ether oxygens (including phenoxy) is 2. The van der Waals surface area contributed by atoms with Crippen LogP contribution in [-0.2, 0) is 4.74 Å². The zero-order chi connectivity index (χ0) is 25.4. The quantitative estimate of drug-likeness (QED) is 0.341. The fourth-order valence-corrected chi connectivity index (χ4v) is 4.52. The van der Waals surface area contributed by atoms with E-state index in [2.05, 4.69) is 15.0 Å². The molecule has 1 aliphatic heterocycles. The normalized spacial score (nSPS) is 15.9. The fourth-order valence-electron chi connectivity index (χ4n) is 4.35. The van der Waals surface area contributed by atoms with Crippen LogP contribution in [0.2, 0.25) is 5.02 Å². The third-order valence-electron chi connectivity index (χ3n) is 5.90. The van der Waals surface area contributed by atoms with Crippen LogP contribution in [0.25, 0.3) is 33.4 Å². The van der Waals surface area contributed by atoms with Crippen molar-refractivity contribution in [2.24, 2.45) is 0 Å². The average Bonchev–Trinajstić information content (AvgIpc) is 3.45. The minimum absolute atomic E-state index is 0.241. The first-order chi connectivity index (χ1) is 17.2. The molecule has 1 amide bonds. The topological polar surface area (TPSA) is 80.3 Å². The Hall–Kier alpha value is -3.65. The number of hydrogen-bond donors (Lipinski definition) is 1. The number of benzene rings is 1. The maximum absolute atomic E-state index is 15.0. The van der Waals surface area contributed by atoms with Crippen molar-refractivity contribution >= 4 is 28.7 Å². The van der Waals surface area contributed by atoms with Crippen LogP contribution >= 0.6 is 11.6 Å². The number of fused-ring (bicyclic) bond motifs is 1. The van der Waals surface area contributed by atoms with Crippen molar-refractivity contribution in [1.82, 2.24) is 19.9 Å². The van der Waals surface area contributed by atoms with Crippen molar-refractivity contribution in [2.45, 2.75) is 38.9 Å². The Balaban J connectivity index is 1.51. The van der Waals surface area contributed by atoms with Crippen LogP contribution in [0.15, 0.2) is 55.0 Å². The number of nitrogens with one attached hydrogen (secondary N) is 1. The van der Waals surface area contributed by atoms with Gasteiger partial charge in [-0.25, -0.2) is 9.18 Å². The summed E-state index contributed by atoms with van der Waals surface area (Å²) in [6, 6.07) is 9.96. The molecule has 3 aromatic heterocycles. The van der Waals surface area contributed by atoms with Crippen molar-refractivity contribution in [3.8, 4) is 28.1 Å². The Morgan fingerprint density at radius 2 is 2.03 bits per heavy atom. The number of amides is 1. The second-order valence-electron chi connectivity index (χ2n) is 9.73. The van der Waals surface area contributed by atoms with Crippen LogP contribution in [0.3, 0.4) is 0 Å². The van der Waals surface area contributed by atoms with E-state index in [0.29, 0.717) is 58.2 Å². The minimum atomic E-state index is -0.567. The standard InChI is InChI=1S/C27H26ClFN4O3/c1-27(2,3)36-26(34)33-12-9-17(15-33)35-22-14-30-11-8-18(22)24-23(19-13-16(28)6-7-20(19)29)25-21(32-24)5-4-10-31-25/h4-8,10-11,13-14,17,32H,9,12,15H2,1-3H3. The summed E-state index contributed by atoms with van der Waals surface area (Å²) in [4.78, 5) is 26.3. The van der Waals surface area contributed by atoms with E-state index in [9.17, 15) is 4.79 Å². The molecule has 0 bridgehead atoms. The summed E-state index contributed by atoms with van der Waals surface area (Å²) >= 11 is 6.23. The molecule has 4 heterocycles. The first-order valence-electron chi connectivity index (χ1n) is 11.7. The number of hydrogen-bond acceptors (Lipinski definition) is 5. The molecule has 0 aliphatic carbocycles. The number of aromatic amines is 1. The molecule has 0 radical (unpaired) electrons. The number of likely N-dealkylation sites (tertiary alicyclic amines) is 1. The van der Waals surface area contributed by atoms with Crippen molar-refractivity contribution in [3.05, 3.63) is 65.8 Å². The van der Waals surface area contributed by atoms with Crippen LogP contribution in [0.5, 0.6) is 5.75 Å². The Morgan fingerprint density at radius 1 is 1.19 bits per heavy atom. The molecule has 1 fully saturated rings. The molecule has 5 rings (SSSR count). The van der Waals surface area contributed by atoms with Gasteiger partial charge in [-0.3, -0.25) is 9.97 Å². The molecule has 36 heavy (non-hydrogen) atoms. The van der Waals surface area contributed by atoms with Gasteiger partial charge in [-0.2, -0.15) is 0 Å². The third kappa shape index (κ3) is 4.86. The van der Waals surface area contributed by atoms with Gasteiger partial charge in [0.2, 0.25) is 0 Å². The number of carbonyl (C=O) groups is 1. The molecule has 1 N–H and O–H groups in total. The number of aromatic nitrogens is 3. The molecular weight excluding hydrogens is 483 g/mol. The fraction of sp³-hybridized carbons (Fsp3) is 0.296. The highest BCUT2D eigenvalue weighted by Gasteiger charge is 2.32. The highest BCUT2D eigenvalue weighted by Crippen LogP contribution is 2.42. The SMILES string of the molecule is CC(C)(C)OC(=O)N1CCC(Oc2cnccc2-c2[nH]c3cccnc3c2-c2cc(Cl)ccc2F)C1. The minimum Gasteiger partial charge on any atom is -0.486 e. The van der Waals surface area contributed by atoms with E-state index in [1.165, 1.54) is 12.1 Å². The molecule has 1 saturated heterocycles. The summed E-state index contributed by atoms with van der Waals surface area (Å²) in [5, 5.41) is 0.419. The van der Waals surface area contributed by atoms with Gasteiger partial charge in [-0.1, -0.05) is 11.6 Å². The van der Waals surface area contributed by atoms with Gasteiger partial charge in [0.1, 0.15) is 23.3 Å². The lowest BCUT2D eigenvalue weighted by Crippen LogP contribution is -2.36. The zero-order valence-electron chi connectivity index (χ0n) is 20.2. The first kappa shape index (κ1) is 24.1. The molecule has 1 atom stereocenters. The van der Waals surface area contributed by atoms with E-state index in [4.69, 9.17) is 21.1 Å². The van der Waals surface area contributed by atoms with Crippen LogP contribution in [-0.4, -0.2) is 50.7 Å². The summed E-state index contributed by atoms with van der Waals surface area (Å²) in [5.41, 5.74) is 3.07. The van der Waals surface area contributed by atoms with E-state index in [0.717, 1.165) is 5.52 Å². The molecular formula is C27H26ClFN4O3. The third-order valence-corrected chi connectivity index (χ3v) is 6.13. The van der Waals surface area contributed by atoms with Crippen LogP contribution in [0, 0.1) is 5.82 Å². The predicted octanol–water partition coefficient (Wildman–Crippen LogP) is 6.47. The lowest BCUT2D eigenvalue weighted by Gasteiger charge is -2.24. The van der Waals surface area contributed by atoms with E-state index < -0.39 is 11.4 Å². The maximum Gasteiger partial charge on any atom is 0.410 e. The molecule has 9 heteroatoms. The van der Waals surface area contributed by atoms with Gasteiger partial charge in [0.15, 0.2) is 0 Å². The second-order valence-corrected chi connectivity index (χ2v) is 10.2. The first-order valence-corrected chi connectivity index (χ1v) is 12.1. The molecule has 0 saturated carbocycles. The Kier molecular flexibility index (Phi) is 6.30. The molecule has 7 nitrogen and oxygen atoms in total. The number of rotatable bonds is 4. The molecule has 0 spiro atoms. The van der Waals surface area contributed by atoms with Crippen molar-refractivity contribution in [2.75, 3.05) is 13.1 Å². The van der Waals surface area contributed by atoms with Crippen molar-refractivity contribution in [3.63, 3.8) is 0 Å². The summed E-state index contributed by atoms with van der Waals surface area (Å²) in [7, 11) is 0. The lowest BCUT2D eigenvalue weighted by molar-refractivity contribution is 0.0276. The lowest BCUT2D eigenvalue weighted by atomic mass is 10.00. The largest absolute Gasteiger partial charge is 0.486 e. The van der Waals surface area contributed by atoms with Crippen LogP contribution in [0.4, 0.5) is 9.18 Å². The Bertz CT molecular complexity index is 1430. The van der Waals surface area contributed by atoms with Gasteiger partial charge < -0.3 is 19.4 Å². The van der Waals surface area contributed by atoms with E-state index >= 15 is 4.39 Å².